The Balaban J connectivity index is 2.39. The number of nitrogens with one attached hydrogen (secondary N) is 1. The molecule has 16 heavy (non-hydrogen) atoms. The second kappa shape index (κ2) is 6.21. The molecule has 1 saturated carbocycles. The van der Waals surface area contributed by atoms with E-state index in [9.17, 15) is 9.90 Å². The fourth-order valence-electron chi connectivity index (χ4n) is 2.31. The third-order valence-electron chi connectivity index (χ3n) is 3.40. The van der Waals surface area contributed by atoms with E-state index in [1.54, 1.807) is 0 Å². The molecule has 0 aromatic carbocycles. The van der Waals surface area contributed by atoms with Gasteiger partial charge in [0.1, 0.15) is 6.04 Å². The molecule has 94 valence electrons. The Morgan fingerprint density at radius 2 is 2.00 bits per heavy atom. The summed E-state index contributed by atoms with van der Waals surface area (Å²) in [6, 6.07) is -0.505. The number of aliphatic hydroxyl groups is 1. The number of hydrogen-bond donors (Lipinski definition) is 3. The monoisotopic (exact) mass is 229 g/mol. The first-order valence-electron chi connectivity index (χ1n) is 6.16. The average molecular weight is 229 g/mol. The first kappa shape index (κ1) is 13.5. The summed E-state index contributed by atoms with van der Waals surface area (Å²) in [4.78, 5) is 11.0. The molecular weight excluding hydrogens is 206 g/mol. The van der Waals surface area contributed by atoms with Gasteiger partial charge in [0.25, 0.3) is 0 Å². The number of aliphatic carboxylic acids is 1. The quantitative estimate of drug-likeness (QED) is 0.663. The predicted molar refractivity (Wildman–Crippen MR) is 62.2 cm³/mol. The first-order chi connectivity index (χ1) is 7.52. The highest BCUT2D eigenvalue weighted by molar-refractivity contribution is 5.73. The fourth-order valence-corrected chi connectivity index (χ4v) is 2.31. The van der Waals surface area contributed by atoms with Crippen LogP contribution in [0.25, 0.3) is 0 Å². The van der Waals surface area contributed by atoms with Gasteiger partial charge >= 0.3 is 5.97 Å². The van der Waals surface area contributed by atoms with Crippen LogP contribution in [0.15, 0.2) is 0 Å². The van der Waals surface area contributed by atoms with Crippen molar-refractivity contribution in [1.29, 1.82) is 0 Å². The van der Waals surface area contributed by atoms with Gasteiger partial charge in [-0.1, -0.05) is 26.7 Å². The third-order valence-corrected chi connectivity index (χ3v) is 3.40. The van der Waals surface area contributed by atoms with Crippen LogP contribution in [0.4, 0.5) is 0 Å². The van der Waals surface area contributed by atoms with Gasteiger partial charge in [0.05, 0.1) is 6.10 Å². The van der Waals surface area contributed by atoms with Crippen LogP contribution in [0.5, 0.6) is 0 Å². The van der Waals surface area contributed by atoms with Gasteiger partial charge in [-0.15, -0.1) is 0 Å². The maximum absolute atomic E-state index is 11.0. The minimum atomic E-state index is -0.805. The van der Waals surface area contributed by atoms with Gasteiger partial charge in [-0.25, -0.2) is 0 Å². The number of carbonyl (C=O) groups is 1. The first-order valence-corrected chi connectivity index (χ1v) is 6.16. The fraction of sp³-hybridized carbons (Fsp3) is 0.917. The van der Waals surface area contributed by atoms with Crippen molar-refractivity contribution >= 4 is 5.97 Å². The van der Waals surface area contributed by atoms with Gasteiger partial charge in [-0.2, -0.15) is 0 Å². The van der Waals surface area contributed by atoms with E-state index in [1.807, 2.05) is 13.8 Å². The number of hydrogen-bond acceptors (Lipinski definition) is 3. The van der Waals surface area contributed by atoms with Crippen molar-refractivity contribution in [2.75, 3.05) is 6.54 Å². The number of carboxylic acid groups (broad SMARTS) is 1. The minimum absolute atomic E-state index is 0.0678. The highest BCUT2D eigenvalue weighted by Crippen LogP contribution is 2.23. The summed E-state index contributed by atoms with van der Waals surface area (Å²) in [6.07, 6.45) is 3.82. The molecule has 0 aromatic rings. The lowest BCUT2D eigenvalue weighted by Gasteiger charge is -2.29. The van der Waals surface area contributed by atoms with Gasteiger partial charge in [-0.3, -0.25) is 4.79 Å². The van der Waals surface area contributed by atoms with Crippen LogP contribution in [0.3, 0.4) is 0 Å². The Morgan fingerprint density at radius 1 is 1.38 bits per heavy atom. The van der Waals surface area contributed by atoms with Crippen LogP contribution < -0.4 is 5.32 Å². The van der Waals surface area contributed by atoms with E-state index in [2.05, 4.69) is 5.32 Å². The van der Waals surface area contributed by atoms with Gasteiger partial charge in [-0.05, 0) is 24.7 Å². The summed E-state index contributed by atoms with van der Waals surface area (Å²) < 4.78 is 0. The lowest BCUT2D eigenvalue weighted by Crippen LogP contribution is -2.45. The van der Waals surface area contributed by atoms with Gasteiger partial charge in [0.15, 0.2) is 0 Å². The molecule has 0 radical (unpaired) electrons. The SMILES string of the molecule is CC(C)C(NCC1CCCCC1O)C(=O)O. The molecule has 4 heteroatoms. The number of carboxylic acids is 1. The third kappa shape index (κ3) is 3.76. The van der Waals surface area contributed by atoms with Crippen LogP contribution in [-0.2, 0) is 4.79 Å². The van der Waals surface area contributed by atoms with Crippen LogP contribution in [0.1, 0.15) is 39.5 Å². The molecule has 0 spiro atoms. The zero-order chi connectivity index (χ0) is 12.1. The molecule has 0 bridgehead atoms. The smallest absolute Gasteiger partial charge is 0.320 e. The Morgan fingerprint density at radius 3 is 2.50 bits per heavy atom. The average Bonchev–Trinajstić information content (AvgIpc) is 2.20. The molecule has 1 aliphatic carbocycles. The summed E-state index contributed by atoms with van der Waals surface area (Å²) in [5.41, 5.74) is 0. The van der Waals surface area contributed by atoms with Crippen molar-refractivity contribution in [3.05, 3.63) is 0 Å². The Hall–Kier alpha value is -0.610. The van der Waals surface area contributed by atoms with Gasteiger partial charge in [0, 0.05) is 6.54 Å². The lowest BCUT2D eigenvalue weighted by atomic mass is 9.86. The molecular formula is C12H23NO3. The maximum Gasteiger partial charge on any atom is 0.320 e. The van der Waals surface area contributed by atoms with Crippen LogP contribution in [-0.4, -0.2) is 34.9 Å². The van der Waals surface area contributed by atoms with Crippen LogP contribution in [0.2, 0.25) is 0 Å². The second-order valence-corrected chi connectivity index (χ2v) is 5.08. The van der Waals surface area contributed by atoms with E-state index in [0.717, 1.165) is 25.7 Å². The summed E-state index contributed by atoms with van der Waals surface area (Å²) in [5.74, 6) is -0.520. The van der Waals surface area contributed by atoms with E-state index < -0.39 is 12.0 Å². The van der Waals surface area contributed by atoms with E-state index in [-0.39, 0.29) is 17.9 Å². The molecule has 4 nitrogen and oxygen atoms in total. The maximum atomic E-state index is 11.0. The molecule has 1 rings (SSSR count). The number of aliphatic hydroxyl groups excluding tert-OH is 1. The standard InChI is InChI=1S/C12H23NO3/c1-8(2)11(12(15)16)13-7-9-5-3-4-6-10(9)14/h8-11,13-14H,3-7H2,1-2H3,(H,15,16). The van der Waals surface area contributed by atoms with Crippen molar-refractivity contribution in [3.63, 3.8) is 0 Å². The molecule has 0 aromatic heterocycles. The van der Waals surface area contributed by atoms with Crippen molar-refractivity contribution in [2.24, 2.45) is 11.8 Å². The van der Waals surface area contributed by atoms with Crippen molar-refractivity contribution < 1.29 is 15.0 Å². The van der Waals surface area contributed by atoms with Gasteiger partial charge < -0.3 is 15.5 Å². The summed E-state index contributed by atoms with van der Waals surface area (Å²) in [6.45, 7) is 4.39. The van der Waals surface area contributed by atoms with Crippen LogP contribution >= 0.6 is 0 Å². The molecule has 3 atom stereocenters. The van der Waals surface area contributed by atoms with E-state index >= 15 is 0 Å². The van der Waals surface area contributed by atoms with Crippen molar-refractivity contribution in [3.8, 4) is 0 Å². The van der Waals surface area contributed by atoms with Crippen LogP contribution in [0, 0.1) is 11.8 Å². The Bertz CT molecular complexity index is 230. The highest BCUT2D eigenvalue weighted by Gasteiger charge is 2.26. The largest absolute Gasteiger partial charge is 0.480 e. The van der Waals surface area contributed by atoms with E-state index in [0.29, 0.717) is 6.54 Å². The zero-order valence-electron chi connectivity index (χ0n) is 10.1. The molecule has 3 unspecified atom stereocenters. The topological polar surface area (TPSA) is 69.6 Å². The predicted octanol–water partition coefficient (Wildman–Crippen LogP) is 1.24. The molecule has 0 aliphatic heterocycles. The zero-order valence-corrected chi connectivity index (χ0v) is 10.1. The van der Waals surface area contributed by atoms with E-state index in [1.165, 1.54) is 0 Å². The van der Waals surface area contributed by atoms with E-state index in [4.69, 9.17) is 5.11 Å². The number of rotatable bonds is 5. The minimum Gasteiger partial charge on any atom is -0.480 e. The van der Waals surface area contributed by atoms with Crippen molar-refractivity contribution in [1.82, 2.24) is 5.32 Å². The Labute approximate surface area is 97.0 Å². The molecule has 1 fully saturated rings. The molecule has 1 aliphatic rings. The second-order valence-electron chi connectivity index (χ2n) is 5.08. The van der Waals surface area contributed by atoms with Crippen molar-refractivity contribution in [2.45, 2.75) is 51.7 Å². The molecule has 0 saturated heterocycles. The summed E-state index contributed by atoms with van der Waals surface area (Å²) in [5, 5.41) is 21.8. The highest BCUT2D eigenvalue weighted by atomic mass is 16.4. The molecule has 3 N–H and O–H groups in total. The van der Waals surface area contributed by atoms with Gasteiger partial charge in [0.2, 0.25) is 0 Å². The molecule has 0 heterocycles. The molecule has 0 amide bonds. The summed E-state index contributed by atoms with van der Waals surface area (Å²) in [7, 11) is 0. The normalized spacial score (nSPS) is 28.0. The summed E-state index contributed by atoms with van der Waals surface area (Å²) >= 11 is 0. The lowest BCUT2D eigenvalue weighted by molar-refractivity contribution is -0.140. The Kier molecular flexibility index (Phi) is 5.22.